The number of aromatic nitrogens is 2. The molecule has 2 aromatic rings. The molecule has 1 aliphatic rings. The smallest absolute Gasteiger partial charge is 0.261 e. The lowest BCUT2D eigenvalue weighted by atomic mass is 9.91. The Kier molecular flexibility index (Phi) is 6.00. The van der Waals surface area contributed by atoms with Crippen LogP contribution in [-0.2, 0) is 11.3 Å². The maximum Gasteiger partial charge on any atom is 0.261 e. The van der Waals surface area contributed by atoms with E-state index in [1.165, 1.54) is 6.33 Å². The van der Waals surface area contributed by atoms with Crippen LogP contribution in [0.3, 0.4) is 0 Å². The number of para-hydroxylation sites is 1. The monoisotopic (exact) mass is 359 g/mol. The highest BCUT2D eigenvalue weighted by atomic mass is 16.3. The van der Waals surface area contributed by atoms with E-state index in [4.69, 9.17) is 5.11 Å². The minimum Gasteiger partial charge on any atom is -0.394 e. The Morgan fingerprint density at radius 2 is 2.00 bits per heavy atom. The molecule has 1 atom stereocenters. The number of fused-ring (bicyclic) bond motifs is 1. The number of hydrogen-bond acceptors (Lipinski definition) is 5. The number of aliphatic hydroxyl groups is 2. The molecule has 1 saturated heterocycles. The van der Waals surface area contributed by atoms with Crippen LogP contribution in [0.25, 0.3) is 10.9 Å². The number of hydrogen-bond donors (Lipinski definition) is 2. The van der Waals surface area contributed by atoms with Gasteiger partial charge < -0.3 is 15.1 Å². The Morgan fingerprint density at radius 3 is 2.73 bits per heavy atom. The fourth-order valence-electron chi connectivity index (χ4n) is 3.51. The summed E-state index contributed by atoms with van der Waals surface area (Å²) in [7, 11) is 0. The van der Waals surface area contributed by atoms with Crippen LogP contribution in [0, 0.1) is 5.92 Å². The van der Waals surface area contributed by atoms with Crippen LogP contribution in [0.5, 0.6) is 0 Å². The summed E-state index contributed by atoms with van der Waals surface area (Å²) in [6.45, 7) is 1.45. The van der Waals surface area contributed by atoms with E-state index in [2.05, 4.69) is 4.98 Å². The highest BCUT2D eigenvalue weighted by molar-refractivity contribution is 5.77. The summed E-state index contributed by atoms with van der Waals surface area (Å²) in [5.41, 5.74) is 0.597. The quantitative estimate of drug-likeness (QED) is 0.794. The Bertz CT molecular complexity index is 812. The third-order valence-electron chi connectivity index (χ3n) is 5.14. The van der Waals surface area contributed by atoms with Crippen molar-refractivity contribution in [2.24, 2.45) is 5.92 Å². The molecular weight excluding hydrogens is 334 g/mol. The number of carbonyl (C=O) groups is 1. The fraction of sp³-hybridized carbons (Fsp3) is 0.526. The van der Waals surface area contributed by atoms with Crippen molar-refractivity contribution in [1.82, 2.24) is 14.5 Å². The zero-order valence-corrected chi connectivity index (χ0v) is 14.8. The van der Waals surface area contributed by atoms with E-state index in [9.17, 15) is 14.7 Å². The van der Waals surface area contributed by atoms with E-state index in [1.807, 2.05) is 23.1 Å². The molecule has 140 valence electrons. The van der Waals surface area contributed by atoms with Crippen molar-refractivity contribution >= 4 is 16.8 Å². The molecule has 2 N–H and O–H groups in total. The van der Waals surface area contributed by atoms with Crippen molar-refractivity contribution in [3.63, 3.8) is 0 Å². The second kappa shape index (κ2) is 8.42. The summed E-state index contributed by atoms with van der Waals surface area (Å²) in [4.78, 5) is 30.9. The van der Waals surface area contributed by atoms with Crippen LogP contribution < -0.4 is 5.56 Å². The van der Waals surface area contributed by atoms with E-state index in [0.717, 1.165) is 0 Å². The molecule has 1 aromatic heterocycles. The van der Waals surface area contributed by atoms with E-state index in [-0.39, 0.29) is 24.0 Å². The molecule has 7 heteroatoms. The van der Waals surface area contributed by atoms with Gasteiger partial charge in [0, 0.05) is 26.1 Å². The van der Waals surface area contributed by atoms with Gasteiger partial charge in [0.2, 0.25) is 5.91 Å². The zero-order chi connectivity index (χ0) is 18.5. The molecule has 7 nitrogen and oxygen atoms in total. The number of nitrogens with zero attached hydrogens (tertiary/aromatic N) is 3. The third-order valence-corrected chi connectivity index (χ3v) is 5.14. The zero-order valence-electron chi connectivity index (χ0n) is 14.8. The van der Waals surface area contributed by atoms with Crippen molar-refractivity contribution in [2.45, 2.75) is 38.3 Å². The fourth-order valence-corrected chi connectivity index (χ4v) is 3.51. The van der Waals surface area contributed by atoms with Gasteiger partial charge in [-0.1, -0.05) is 12.1 Å². The van der Waals surface area contributed by atoms with Crippen LogP contribution in [0.1, 0.15) is 25.7 Å². The molecular formula is C19H25N3O4. The first kappa shape index (κ1) is 18.5. The Hall–Kier alpha value is -2.25. The molecule has 0 saturated carbocycles. The van der Waals surface area contributed by atoms with Crippen LogP contribution in [0.2, 0.25) is 0 Å². The van der Waals surface area contributed by atoms with E-state index < -0.39 is 6.10 Å². The molecule has 0 bridgehead atoms. The molecule has 1 unspecified atom stereocenters. The van der Waals surface area contributed by atoms with Crippen LogP contribution in [0.15, 0.2) is 35.4 Å². The van der Waals surface area contributed by atoms with Crippen molar-refractivity contribution in [1.29, 1.82) is 0 Å². The van der Waals surface area contributed by atoms with Gasteiger partial charge in [-0.3, -0.25) is 14.2 Å². The first-order chi connectivity index (χ1) is 12.6. The normalized spacial score (nSPS) is 16.8. The Balaban J connectivity index is 1.50. The highest BCUT2D eigenvalue weighted by Gasteiger charge is 2.26. The van der Waals surface area contributed by atoms with Crippen molar-refractivity contribution in [2.75, 3.05) is 19.7 Å². The minimum atomic E-state index is -0.695. The lowest BCUT2D eigenvalue weighted by molar-refractivity contribution is -0.133. The number of amides is 1. The summed E-state index contributed by atoms with van der Waals surface area (Å²) in [5.74, 6) is 0.134. The van der Waals surface area contributed by atoms with Gasteiger partial charge in [-0.2, -0.15) is 0 Å². The summed E-state index contributed by atoms with van der Waals surface area (Å²) >= 11 is 0. The molecule has 1 amide bonds. The van der Waals surface area contributed by atoms with Crippen LogP contribution in [0.4, 0.5) is 0 Å². The summed E-state index contributed by atoms with van der Waals surface area (Å²) in [6.07, 6.45) is 3.23. The van der Waals surface area contributed by atoms with Gasteiger partial charge in [0.05, 0.1) is 29.9 Å². The molecule has 1 fully saturated rings. The number of likely N-dealkylation sites (tertiary alicyclic amines) is 1. The number of aryl methyl sites for hydroxylation is 1. The number of benzene rings is 1. The highest BCUT2D eigenvalue weighted by Crippen LogP contribution is 2.21. The minimum absolute atomic E-state index is 0.0614. The SMILES string of the molecule is O=C(CCCn1cnc2ccccc2c1=O)N1CCC(C(O)CO)CC1. The summed E-state index contributed by atoms with van der Waals surface area (Å²) in [5, 5.41) is 19.3. The van der Waals surface area contributed by atoms with E-state index in [1.54, 1.807) is 10.6 Å². The third kappa shape index (κ3) is 4.11. The average molecular weight is 359 g/mol. The van der Waals surface area contributed by atoms with Gasteiger partial charge in [-0.25, -0.2) is 4.98 Å². The second-order valence-corrected chi connectivity index (χ2v) is 6.83. The number of aliphatic hydroxyl groups excluding tert-OH is 2. The van der Waals surface area contributed by atoms with Crippen LogP contribution >= 0.6 is 0 Å². The van der Waals surface area contributed by atoms with E-state index >= 15 is 0 Å². The lowest BCUT2D eigenvalue weighted by Crippen LogP contribution is -2.42. The van der Waals surface area contributed by atoms with Crippen molar-refractivity contribution in [3.05, 3.63) is 40.9 Å². The first-order valence-electron chi connectivity index (χ1n) is 9.11. The molecule has 3 rings (SSSR count). The van der Waals surface area contributed by atoms with Gasteiger partial charge in [0.15, 0.2) is 0 Å². The largest absolute Gasteiger partial charge is 0.394 e. The Morgan fingerprint density at radius 1 is 1.27 bits per heavy atom. The predicted octanol–water partition coefficient (Wildman–Crippen LogP) is 0.768. The molecule has 0 radical (unpaired) electrons. The number of piperidine rings is 1. The standard InChI is InChI=1S/C19H25N3O4/c23-12-17(24)14-7-10-21(11-8-14)18(25)6-3-9-22-13-20-16-5-2-1-4-15(16)19(22)26/h1-2,4-5,13-14,17,23-24H,3,6-12H2. The van der Waals surface area contributed by atoms with Crippen molar-refractivity contribution < 1.29 is 15.0 Å². The summed E-state index contributed by atoms with van der Waals surface area (Å²) in [6, 6.07) is 7.23. The Labute approximate surface area is 151 Å². The van der Waals surface area contributed by atoms with E-state index in [0.29, 0.717) is 56.2 Å². The summed E-state index contributed by atoms with van der Waals surface area (Å²) < 4.78 is 1.56. The van der Waals surface area contributed by atoms with Gasteiger partial charge in [0.25, 0.3) is 5.56 Å². The van der Waals surface area contributed by atoms with Gasteiger partial charge in [-0.15, -0.1) is 0 Å². The maximum atomic E-state index is 12.4. The van der Waals surface area contributed by atoms with Gasteiger partial charge in [0.1, 0.15) is 0 Å². The van der Waals surface area contributed by atoms with Crippen molar-refractivity contribution in [3.8, 4) is 0 Å². The van der Waals surface area contributed by atoms with Crippen LogP contribution in [-0.4, -0.2) is 56.4 Å². The average Bonchev–Trinajstić information content (AvgIpc) is 2.69. The first-order valence-corrected chi connectivity index (χ1v) is 9.11. The molecule has 2 heterocycles. The molecule has 0 aliphatic carbocycles. The predicted molar refractivity (Wildman–Crippen MR) is 97.6 cm³/mol. The maximum absolute atomic E-state index is 12.4. The molecule has 0 spiro atoms. The second-order valence-electron chi connectivity index (χ2n) is 6.83. The van der Waals surface area contributed by atoms with Gasteiger partial charge in [-0.05, 0) is 37.3 Å². The molecule has 26 heavy (non-hydrogen) atoms. The lowest BCUT2D eigenvalue weighted by Gasteiger charge is -2.33. The van der Waals surface area contributed by atoms with Gasteiger partial charge >= 0.3 is 0 Å². The molecule has 1 aliphatic heterocycles. The number of carbonyl (C=O) groups excluding carboxylic acids is 1. The molecule has 1 aromatic carbocycles. The topological polar surface area (TPSA) is 95.7 Å². The number of rotatable bonds is 6.